The molecular weight excluding hydrogens is 447 g/mol. The van der Waals surface area contributed by atoms with E-state index in [1.165, 1.54) is 34.2 Å². The second-order valence-electron chi connectivity index (χ2n) is 5.93. The number of hydrogen-bond acceptors (Lipinski definition) is 4. The van der Waals surface area contributed by atoms with Crippen LogP contribution in [0.2, 0.25) is 0 Å². The van der Waals surface area contributed by atoms with Gasteiger partial charge in [-0.05, 0) is 12.8 Å². The van der Waals surface area contributed by atoms with Crippen LogP contribution >= 0.6 is 0 Å². The molecule has 2 radical (unpaired) electrons. The molecular formula is C22H28O4Sn. The molecule has 27 heavy (non-hydrogen) atoms. The van der Waals surface area contributed by atoms with Crippen molar-refractivity contribution in [3.63, 3.8) is 0 Å². The van der Waals surface area contributed by atoms with Crippen LogP contribution in [0.1, 0.15) is 36.8 Å². The van der Waals surface area contributed by atoms with Crippen LogP contribution in [0.3, 0.4) is 0 Å². The first-order chi connectivity index (χ1) is 13.2. The van der Waals surface area contributed by atoms with Gasteiger partial charge in [0, 0.05) is 12.8 Å². The number of methoxy groups -OCH3 is 2. The Labute approximate surface area is 172 Å². The molecule has 0 atom stereocenters. The molecule has 0 aliphatic heterocycles. The second kappa shape index (κ2) is 15.3. The first kappa shape index (κ1) is 23.2. The second-order valence-corrected chi connectivity index (χ2v) is 9.38. The zero-order valence-corrected chi connectivity index (χ0v) is 19.0. The molecule has 0 spiro atoms. The van der Waals surface area contributed by atoms with Crippen molar-refractivity contribution < 1.29 is 19.1 Å². The summed E-state index contributed by atoms with van der Waals surface area (Å²) in [6.45, 7) is 0. The van der Waals surface area contributed by atoms with Gasteiger partial charge in [0.2, 0.25) is 0 Å². The molecule has 0 N–H and O–H groups in total. The van der Waals surface area contributed by atoms with Crippen molar-refractivity contribution in [2.45, 2.75) is 34.6 Å². The van der Waals surface area contributed by atoms with E-state index in [2.05, 4.69) is 70.1 Å². The third-order valence-electron chi connectivity index (χ3n) is 3.81. The predicted octanol–water partition coefficient (Wildman–Crippen LogP) is 3.98. The molecule has 2 rings (SSSR count). The Kier molecular flexibility index (Phi) is 13.1. The van der Waals surface area contributed by atoms with Crippen LogP contribution in [0.25, 0.3) is 0 Å². The number of carbonyl (C=O) groups is 2. The van der Waals surface area contributed by atoms with Gasteiger partial charge in [-0.2, -0.15) is 0 Å². The Balaban J connectivity index is 0.000000279. The number of unbranched alkanes of at least 4 members (excludes halogenated alkanes) is 1. The van der Waals surface area contributed by atoms with Gasteiger partial charge in [-0.25, -0.2) is 0 Å². The topological polar surface area (TPSA) is 52.6 Å². The van der Waals surface area contributed by atoms with Gasteiger partial charge >= 0.3 is 114 Å². The average Bonchev–Trinajstić information content (AvgIpc) is 2.73. The molecule has 0 aliphatic rings. The molecule has 0 saturated carbocycles. The maximum atomic E-state index is 10.6. The van der Waals surface area contributed by atoms with Gasteiger partial charge in [0.1, 0.15) is 0 Å². The zero-order chi connectivity index (χ0) is 19.7. The molecule has 2 aromatic carbocycles. The van der Waals surface area contributed by atoms with Gasteiger partial charge in [0.25, 0.3) is 0 Å². The van der Waals surface area contributed by atoms with Gasteiger partial charge < -0.3 is 9.47 Å². The molecule has 0 amide bonds. The molecule has 5 heteroatoms. The third kappa shape index (κ3) is 12.2. The normalized spacial score (nSPS) is 9.70. The Morgan fingerprint density at radius 3 is 1.41 bits per heavy atom. The molecule has 2 aromatic rings. The molecule has 0 aliphatic carbocycles. The summed E-state index contributed by atoms with van der Waals surface area (Å²) in [7, 11) is 2.70. The first-order valence-electron chi connectivity index (χ1n) is 9.08. The summed E-state index contributed by atoms with van der Waals surface area (Å²) in [6, 6.07) is 21.7. The minimum atomic E-state index is -0.258. The van der Waals surface area contributed by atoms with E-state index in [0.29, 0.717) is 25.7 Å². The number of benzene rings is 2. The van der Waals surface area contributed by atoms with Gasteiger partial charge in [0.05, 0.1) is 14.2 Å². The van der Waals surface area contributed by atoms with E-state index < -0.39 is 0 Å². The van der Waals surface area contributed by atoms with Crippen LogP contribution in [0, 0.1) is 0 Å². The summed E-state index contributed by atoms with van der Waals surface area (Å²) in [4.78, 5) is 21.2. The van der Waals surface area contributed by atoms with E-state index in [1.54, 1.807) is 0 Å². The van der Waals surface area contributed by atoms with E-state index in [1.807, 2.05) is 0 Å². The minimum absolute atomic E-state index is 0.236. The Bertz CT molecular complexity index is 586. The first-order valence-corrected chi connectivity index (χ1v) is 13.1. The maximum absolute atomic E-state index is 10.6. The van der Waals surface area contributed by atoms with Crippen molar-refractivity contribution in [3.05, 3.63) is 71.8 Å². The van der Waals surface area contributed by atoms with E-state index in [-0.39, 0.29) is 33.1 Å². The van der Waals surface area contributed by atoms with Crippen molar-refractivity contribution in [1.29, 1.82) is 0 Å². The fourth-order valence-electron chi connectivity index (χ4n) is 2.29. The zero-order valence-electron chi connectivity index (χ0n) is 16.1. The third-order valence-corrected chi connectivity index (χ3v) is 7.57. The van der Waals surface area contributed by atoms with Gasteiger partial charge in [0.15, 0.2) is 0 Å². The summed E-state index contributed by atoms with van der Waals surface area (Å²) in [5, 5.41) is 0. The summed E-state index contributed by atoms with van der Waals surface area (Å²) >= 11 is -0.258. The number of esters is 2. The molecule has 0 fully saturated rings. The van der Waals surface area contributed by atoms with Crippen LogP contribution in [-0.4, -0.2) is 47.3 Å². The fraction of sp³-hybridized carbons (Fsp3) is 0.364. The average molecular weight is 475 g/mol. The van der Waals surface area contributed by atoms with E-state index in [0.717, 1.165) is 0 Å². The van der Waals surface area contributed by atoms with Crippen LogP contribution in [0.4, 0.5) is 0 Å². The van der Waals surface area contributed by atoms with E-state index in [9.17, 15) is 9.59 Å². The SMILES string of the molecule is COC(=O)CCCCC(=O)OC.c1ccc([CH2][Sn][CH2]c2ccccc2)cc1. The molecule has 0 unspecified atom stereocenters. The summed E-state index contributed by atoms with van der Waals surface area (Å²) in [5.74, 6) is -0.472. The van der Waals surface area contributed by atoms with Crippen LogP contribution in [-0.2, 0) is 27.9 Å². The van der Waals surface area contributed by atoms with Crippen molar-refractivity contribution in [2.24, 2.45) is 0 Å². The predicted molar refractivity (Wildman–Crippen MR) is 109 cm³/mol. The Morgan fingerprint density at radius 2 is 1.07 bits per heavy atom. The van der Waals surface area contributed by atoms with Crippen LogP contribution < -0.4 is 0 Å². The number of rotatable bonds is 9. The van der Waals surface area contributed by atoms with Gasteiger partial charge in [-0.1, -0.05) is 0 Å². The molecule has 0 saturated heterocycles. The number of carbonyl (C=O) groups excluding carboxylic acids is 2. The van der Waals surface area contributed by atoms with E-state index >= 15 is 0 Å². The number of ether oxygens (including phenoxy) is 2. The molecule has 0 aromatic heterocycles. The van der Waals surface area contributed by atoms with Crippen molar-refractivity contribution in [2.75, 3.05) is 14.2 Å². The molecule has 144 valence electrons. The van der Waals surface area contributed by atoms with Crippen molar-refractivity contribution >= 4 is 33.1 Å². The van der Waals surface area contributed by atoms with Crippen molar-refractivity contribution in [3.8, 4) is 0 Å². The Hall–Kier alpha value is -1.82. The summed E-state index contributed by atoms with van der Waals surface area (Å²) in [6.07, 6.45) is 2.07. The molecule has 0 bridgehead atoms. The Morgan fingerprint density at radius 1 is 0.704 bits per heavy atom. The number of hydrogen-bond donors (Lipinski definition) is 0. The fourth-order valence-corrected chi connectivity index (χ4v) is 5.64. The standard InChI is InChI=1S/C8H14O4.2C7H7.Sn/c1-11-7(9)5-3-4-6-8(10)12-2;2*1-7-5-3-2-4-6-7;/h3-6H2,1-2H3;2*2-6H,1H2;. The van der Waals surface area contributed by atoms with Gasteiger partial charge in [-0.3, -0.25) is 9.59 Å². The van der Waals surface area contributed by atoms with E-state index in [4.69, 9.17) is 0 Å². The molecule has 0 heterocycles. The van der Waals surface area contributed by atoms with Crippen LogP contribution in [0.5, 0.6) is 0 Å². The summed E-state index contributed by atoms with van der Waals surface area (Å²) < 4.78 is 11.5. The summed E-state index contributed by atoms with van der Waals surface area (Å²) in [5.41, 5.74) is 3.03. The van der Waals surface area contributed by atoms with Gasteiger partial charge in [-0.15, -0.1) is 0 Å². The monoisotopic (exact) mass is 476 g/mol. The quantitative estimate of drug-likeness (QED) is 0.313. The molecule has 4 nitrogen and oxygen atoms in total. The van der Waals surface area contributed by atoms with Crippen LogP contribution in [0.15, 0.2) is 60.7 Å². The van der Waals surface area contributed by atoms with Crippen molar-refractivity contribution in [1.82, 2.24) is 0 Å².